The topological polar surface area (TPSA) is 157 Å². The molecule has 1 aliphatic rings. The van der Waals surface area contributed by atoms with Crippen molar-refractivity contribution in [3.63, 3.8) is 0 Å². The third-order valence-corrected chi connectivity index (χ3v) is 3.98. The highest BCUT2D eigenvalue weighted by atomic mass is 19.2. The Labute approximate surface area is 145 Å². The third-order valence-electron chi connectivity index (χ3n) is 3.98. The van der Waals surface area contributed by atoms with Crippen LogP contribution in [0.25, 0.3) is 0 Å². The smallest absolute Gasteiger partial charge is 0.352 e. The Balaban J connectivity index is 2.43. The van der Waals surface area contributed by atoms with Gasteiger partial charge in [0.2, 0.25) is 5.72 Å². The van der Waals surface area contributed by atoms with E-state index in [1.54, 1.807) is 0 Å². The molecule has 5 N–H and O–H groups in total. The number of nitrogens with zero attached hydrogens (tertiary/aromatic N) is 2. The first-order valence-electron chi connectivity index (χ1n) is 7.56. The van der Waals surface area contributed by atoms with Crippen molar-refractivity contribution in [1.29, 1.82) is 0 Å². The fraction of sp³-hybridized carbons (Fsp3) is 0.643. The summed E-state index contributed by atoms with van der Waals surface area (Å²) in [5.74, 6) is -6.56. The highest BCUT2D eigenvalue weighted by Gasteiger charge is 2.65. The number of alkyl halides is 1. The predicted octanol–water partition coefficient (Wildman–Crippen LogP) is -1.77. The van der Waals surface area contributed by atoms with Crippen LogP contribution < -0.4 is 11.4 Å². The van der Waals surface area contributed by atoms with Gasteiger partial charge in [-0.2, -0.15) is 4.98 Å². The van der Waals surface area contributed by atoms with E-state index in [0.29, 0.717) is 6.20 Å². The average Bonchev–Trinajstić information content (AvgIpc) is 2.78. The van der Waals surface area contributed by atoms with Crippen LogP contribution in [0.15, 0.2) is 11.0 Å². The zero-order valence-electron chi connectivity index (χ0n) is 13.9. The Hall–Kier alpha value is -2.15. The lowest BCUT2D eigenvalue weighted by Gasteiger charge is -2.32. The van der Waals surface area contributed by atoms with Gasteiger partial charge in [0.15, 0.2) is 18.2 Å². The molecule has 12 heteroatoms. The normalized spacial score (nSPS) is 31.4. The summed E-state index contributed by atoms with van der Waals surface area (Å²) in [4.78, 5) is 26.6. The predicted molar refractivity (Wildman–Crippen MR) is 80.7 cm³/mol. The minimum atomic E-state index is -3.18. The summed E-state index contributed by atoms with van der Waals surface area (Å²) in [6, 6.07) is 0. The molecule has 2 rings (SSSR count). The molecule has 1 saturated heterocycles. The molecule has 146 valence electrons. The zero-order valence-corrected chi connectivity index (χ0v) is 13.9. The Kier molecular flexibility index (Phi) is 5.33. The van der Waals surface area contributed by atoms with Gasteiger partial charge in [-0.3, -0.25) is 9.36 Å². The van der Waals surface area contributed by atoms with E-state index in [-0.39, 0.29) is 4.57 Å². The lowest BCUT2D eigenvalue weighted by atomic mass is 10.0. The lowest BCUT2D eigenvalue weighted by Crippen LogP contribution is -2.53. The zero-order chi connectivity index (χ0) is 19.9. The molecule has 1 aromatic rings. The SMILES string of the molecule is CC(C)C(=O)OC[C@@]1(F)O[C@@](CO)(n2cc(F)c(N)nc2=O)[C@H](O)[C@@H]1O. The van der Waals surface area contributed by atoms with E-state index in [0.717, 1.165) is 0 Å². The Bertz CT molecular complexity index is 759. The lowest BCUT2D eigenvalue weighted by molar-refractivity contribution is -0.260. The van der Waals surface area contributed by atoms with E-state index in [4.69, 9.17) is 10.5 Å². The molecule has 0 amide bonds. The average molecular weight is 379 g/mol. The van der Waals surface area contributed by atoms with Crippen molar-refractivity contribution in [3.05, 3.63) is 22.5 Å². The van der Waals surface area contributed by atoms with Crippen LogP contribution in [0.3, 0.4) is 0 Å². The highest BCUT2D eigenvalue weighted by molar-refractivity contribution is 5.71. The van der Waals surface area contributed by atoms with E-state index < -0.39 is 66.2 Å². The highest BCUT2D eigenvalue weighted by Crippen LogP contribution is 2.42. The van der Waals surface area contributed by atoms with E-state index >= 15 is 0 Å². The van der Waals surface area contributed by atoms with Crippen LogP contribution in [-0.2, 0) is 20.0 Å². The number of hydrogen-bond donors (Lipinski definition) is 4. The van der Waals surface area contributed by atoms with Crippen LogP contribution in [0.1, 0.15) is 13.8 Å². The molecule has 0 aromatic carbocycles. The van der Waals surface area contributed by atoms with Gasteiger partial charge >= 0.3 is 11.7 Å². The van der Waals surface area contributed by atoms with Crippen LogP contribution in [0.2, 0.25) is 0 Å². The van der Waals surface area contributed by atoms with E-state index in [9.17, 15) is 33.7 Å². The number of carbonyl (C=O) groups excluding carboxylic acids is 1. The molecular formula is C14H19F2N3O7. The molecular weight excluding hydrogens is 360 g/mol. The number of anilines is 1. The van der Waals surface area contributed by atoms with Crippen molar-refractivity contribution < 1.29 is 38.4 Å². The summed E-state index contributed by atoms with van der Waals surface area (Å²) in [6.07, 6.45) is -4.11. The van der Waals surface area contributed by atoms with Gasteiger partial charge < -0.3 is 30.5 Å². The van der Waals surface area contributed by atoms with Gasteiger partial charge in [-0.25, -0.2) is 13.6 Å². The van der Waals surface area contributed by atoms with Crippen molar-refractivity contribution >= 4 is 11.8 Å². The first-order chi connectivity index (χ1) is 12.0. The number of nitrogens with two attached hydrogens (primary N) is 1. The van der Waals surface area contributed by atoms with E-state index in [1.165, 1.54) is 13.8 Å². The maximum atomic E-state index is 15.0. The molecule has 0 bridgehead atoms. The van der Waals surface area contributed by atoms with Crippen LogP contribution in [0, 0.1) is 11.7 Å². The summed E-state index contributed by atoms with van der Waals surface area (Å²) >= 11 is 0. The Morgan fingerprint density at radius 1 is 1.50 bits per heavy atom. The summed E-state index contributed by atoms with van der Waals surface area (Å²) in [5, 5.41) is 29.8. The summed E-state index contributed by atoms with van der Waals surface area (Å²) in [7, 11) is 0. The number of aliphatic hydroxyl groups is 3. The second kappa shape index (κ2) is 6.87. The maximum Gasteiger partial charge on any atom is 0.352 e. The molecule has 0 saturated carbocycles. The minimum Gasteiger partial charge on any atom is -0.459 e. The van der Waals surface area contributed by atoms with Gasteiger partial charge in [-0.05, 0) is 0 Å². The molecule has 1 fully saturated rings. The number of halogens is 2. The number of nitrogen functional groups attached to an aromatic ring is 1. The van der Waals surface area contributed by atoms with Gasteiger partial charge in [0, 0.05) is 0 Å². The fourth-order valence-electron chi connectivity index (χ4n) is 2.46. The monoisotopic (exact) mass is 379 g/mol. The molecule has 2 heterocycles. The number of rotatable bonds is 5. The van der Waals surface area contributed by atoms with Gasteiger partial charge in [0.05, 0.1) is 18.7 Å². The number of carbonyl (C=O) groups is 1. The number of esters is 1. The van der Waals surface area contributed by atoms with Crippen LogP contribution in [0.5, 0.6) is 0 Å². The van der Waals surface area contributed by atoms with Crippen LogP contribution in [-0.4, -0.2) is 62.1 Å². The summed E-state index contributed by atoms with van der Waals surface area (Å²) in [5.41, 5.74) is 1.27. The van der Waals surface area contributed by atoms with Gasteiger partial charge in [0.1, 0.15) is 12.2 Å². The standard InChI is InChI=1S/C14H19F2N3O7/c1-6(2)11(23)25-5-13(16)8(21)9(22)14(4-20,26-13)19-3-7(15)10(17)18-12(19)24/h3,6,8-9,20-22H,4-5H2,1-2H3,(H2,17,18,24)/t8-,9+,13+,14+/m0/s1. The quantitative estimate of drug-likeness (QED) is 0.434. The molecule has 10 nitrogen and oxygen atoms in total. The number of ether oxygens (including phenoxy) is 2. The first-order valence-corrected chi connectivity index (χ1v) is 7.56. The van der Waals surface area contributed by atoms with Crippen LogP contribution >= 0.6 is 0 Å². The Morgan fingerprint density at radius 3 is 2.65 bits per heavy atom. The number of aromatic nitrogens is 2. The van der Waals surface area contributed by atoms with Crippen molar-refractivity contribution in [2.24, 2.45) is 5.92 Å². The molecule has 0 spiro atoms. The van der Waals surface area contributed by atoms with Crippen molar-refractivity contribution in [3.8, 4) is 0 Å². The molecule has 0 unspecified atom stereocenters. The van der Waals surface area contributed by atoms with Crippen LogP contribution in [0.4, 0.5) is 14.6 Å². The van der Waals surface area contributed by atoms with Gasteiger partial charge in [-0.1, -0.05) is 13.8 Å². The molecule has 1 aliphatic heterocycles. The number of hydrogen-bond acceptors (Lipinski definition) is 9. The largest absolute Gasteiger partial charge is 0.459 e. The maximum absolute atomic E-state index is 15.0. The van der Waals surface area contributed by atoms with Crippen molar-refractivity contribution in [1.82, 2.24) is 9.55 Å². The van der Waals surface area contributed by atoms with Crippen molar-refractivity contribution in [2.75, 3.05) is 18.9 Å². The van der Waals surface area contributed by atoms with Gasteiger partial charge in [-0.15, -0.1) is 0 Å². The summed E-state index contributed by atoms with van der Waals surface area (Å²) in [6.45, 7) is 0.590. The minimum absolute atomic E-state index is 0.276. The molecule has 4 atom stereocenters. The first kappa shape index (κ1) is 20.2. The number of aliphatic hydroxyl groups excluding tert-OH is 3. The third kappa shape index (κ3) is 3.16. The second-order valence-electron chi connectivity index (χ2n) is 6.17. The molecule has 0 radical (unpaired) electrons. The molecule has 0 aliphatic carbocycles. The van der Waals surface area contributed by atoms with E-state index in [2.05, 4.69) is 9.72 Å². The Morgan fingerprint density at radius 2 is 2.12 bits per heavy atom. The molecule has 26 heavy (non-hydrogen) atoms. The molecule has 1 aromatic heterocycles. The van der Waals surface area contributed by atoms with E-state index in [1.807, 2.05) is 0 Å². The summed E-state index contributed by atoms with van der Waals surface area (Å²) < 4.78 is 38.5. The second-order valence-corrected chi connectivity index (χ2v) is 6.17. The fourth-order valence-corrected chi connectivity index (χ4v) is 2.46. The van der Waals surface area contributed by atoms with Crippen molar-refractivity contribution in [2.45, 2.75) is 37.6 Å². The van der Waals surface area contributed by atoms with Gasteiger partial charge in [0.25, 0.3) is 5.85 Å².